The largest absolute Gasteiger partial charge is 0.330 e. The Morgan fingerprint density at radius 2 is 1.85 bits per heavy atom. The van der Waals surface area contributed by atoms with Crippen molar-refractivity contribution in [3.05, 3.63) is 29.8 Å². The number of hydrogen-bond acceptors (Lipinski definition) is 3. The van der Waals surface area contributed by atoms with Gasteiger partial charge in [-0.3, -0.25) is 14.8 Å². The molecule has 4 nitrogen and oxygen atoms in total. The molecule has 1 aliphatic heterocycles. The Bertz CT molecular complexity index is 491. The molecule has 0 spiro atoms. The summed E-state index contributed by atoms with van der Waals surface area (Å²) >= 11 is 0. The SMILES string of the molecule is CN1C(=O)CCN1c1ccc(C2(CN)CCCC2)cc1. The van der Waals surface area contributed by atoms with Gasteiger partial charge in [-0.2, -0.15) is 0 Å². The lowest BCUT2D eigenvalue weighted by molar-refractivity contribution is -0.126. The summed E-state index contributed by atoms with van der Waals surface area (Å²) in [5.41, 5.74) is 8.67. The van der Waals surface area contributed by atoms with Gasteiger partial charge in [0.05, 0.1) is 5.69 Å². The molecule has 1 saturated carbocycles. The maximum atomic E-state index is 11.6. The molecule has 3 rings (SSSR count). The van der Waals surface area contributed by atoms with Crippen LogP contribution >= 0.6 is 0 Å². The number of nitrogens with two attached hydrogens (primary N) is 1. The van der Waals surface area contributed by atoms with E-state index in [-0.39, 0.29) is 11.3 Å². The van der Waals surface area contributed by atoms with Gasteiger partial charge in [0, 0.05) is 32.0 Å². The van der Waals surface area contributed by atoms with Crippen LogP contribution in [0.1, 0.15) is 37.7 Å². The van der Waals surface area contributed by atoms with Gasteiger partial charge < -0.3 is 5.73 Å². The lowest BCUT2D eigenvalue weighted by Crippen LogP contribution is -2.35. The third kappa shape index (κ3) is 2.08. The van der Waals surface area contributed by atoms with Crippen LogP contribution in [0, 0.1) is 0 Å². The van der Waals surface area contributed by atoms with Crippen LogP contribution in [0.25, 0.3) is 0 Å². The minimum atomic E-state index is 0.184. The zero-order valence-electron chi connectivity index (χ0n) is 12.1. The van der Waals surface area contributed by atoms with Crippen molar-refractivity contribution in [2.75, 3.05) is 25.1 Å². The molecular weight excluding hydrogens is 250 g/mol. The summed E-state index contributed by atoms with van der Waals surface area (Å²) in [6.45, 7) is 1.51. The fourth-order valence-corrected chi connectivity index (χ4v) is 3.60. The number of amides is 1. The van der Waals surface area contributed by atoms with E-state index in [1.54, 1.807) is 5.01 Å². The van der Waals surface area contributed by atoms with E-state index in [1.807, 2.05) is 12.1 Å². The standard InChI is InChI=1S/C16H23N3O/c1-18-15(20)8-11-19(18)14-6-4-13(5-7-14)16(12-17)9-2-3-10-16/h4-7H,2-3,8-12,17H2,1H3. The second kappa shape index (κ2) is 5.09. The number of nitrogens with zero attached hydrogens (tertiary/aromatic N) is 2. The highest BCUT2D eigenvalue weighted by molar-refractivity contribution is 5.81. The van der Waals surface area contributed by atoms with Gasteiger partial charge in [-0.1, -0.05) is 25.0 Å². The molecule has 0 radical (unpaired) electrons. The summed E-state index contributed by atoms with van der Waals surface area (Å²) < 4.78 is 0. The van der Waals surface area contributed by atoms with Gasteiger partial charge in [0.2, 0.25) is 5.91 Å². The molecule has 2 fully saturated rings. The van der Waals surface area contributed by atoms with Crippen molar-refractivity contribution < 1.29 is 4.79 Å². The van der Waals surface area contributed by atoms with E-state index in [0.29, 0.717) is 6.42 Å². The first-order valence-corrected chi connectivity index (χ1v) is 7.51. The molecule has 1 amide bonds. The van der Waals surface area contributed by atoms with Crippen molar-refractivity contribution in [1.82, 2.24) is 5.01 Å². The fraction of sp³-hybridized carbons (Fsp3) is 0.562. The number of rotatable bonds is 3. The van der Waals surface area contributed by atoms with Gasteiger partial charge in [0.15, 0.2) is 0 Å². The van der Waals surface area contributed by atoms with Crippen molar-refractivity contribution in [3.8, 4) is 0 Å². The number of hydrogen-bond donors (Lipinski definition) is 1. The first kappa shape index (κ1) is 13.4. The molecule has 0 unspecified atom stereocenters. The van der Waals surface area contributed by atoms with Crippen LogP contribution in [0.2, 0.25) is 0 Å². The van der Waals surface area contributed by atoms with Crippen LogP contribution in [0.3, 0.4) is 0 Å². The van der Waals surface area contributed by atoms with E-state index < -0.39 is 0 Å². The summed E-state index contributed by atoms with van der Waals surface area (Å²) in [6, 6.07) is 8.65. The smallest absolute Gasteiger partial charge is 0.242 e. The van der Waals surface area contributed by atoms with E-state index in [1.165, 1.54) is 31.2 Å². The number of carbonyl (C=O) groups excluding carboxylic acids is 1. The van der Waals surface area contributed by atoms with E-state index in [0.717, 1.165) is 18.8 Å². The zero-order chi connectivity index (χ0) is 14.2. The molecule has 0 aromatic heterocycles. The summed E-state index contributed by atoms with van der Waals surface area (Å²) in [7, 11) is 1.83. The van der Waals surface area contributed by atoms with E-state index in [4.69, 9.17) is 5.73 Å². The predicted molar refractivity (Wildman–Crippen MR) is 80.4 cm³/mol. The second-order valence-corrected chi connectivity index (χ2v) is 6.03. The van der Waals surface area contributed by atoms with Crippen molar-refractivity contribution in [2.24, 2.45) is 5.73 Å². The van der Waals surface area contributed by atoms with E-state index in [9.17, 15) is 4.79 Å². The Kier molecular flexibility index (Phi) is 3.42. The number of hydrazine groups is 1. The lowest BCUT2D eigenvalue weighted by Gasteiger charge is -2.30. The number of anilines is 1. The molecule has 2 aliphatic rings. The van der Waals surface area contributed by atoms with Crippen molar-refractivity contribution in [2.45, 2.75) is 37.5 Å². The Hall–Kier alpha value is -1.55. The highest BCUT2D eigenvalue weighted by atomic mass is 16.2. The third-order valence-electron chi connectivity index (χ3n) is 4.99. The van der Waals surface area contributed by atoms with Crippen LogP contribution in [0.5, 0.6) is 0 Å². The summed E-state index contributed by atoms with van der Waals surface area (Å²) in [6.07, 6.45) is 5.56. The molecule has 108 valence electrons. The molecule has 1 saturated heterocycles. The van der Waals surface area contributed by atoms with Gasteiger partial charge in [-0.25, -0.2) is 0 Å². The lowest BCUT2D eigenvalue weighted by atomic mass is 9.79. The normalized spacial score (nSPS) is 21.8. The van der Waals surface area contributed by atoms with Crippen molar-refractivity contribution in [1.29, 1.82) is 0 Å². The quantitative estimate of drug-likeness (QED) is 0.917. The molecule has 0 bridgehead atoms. The summed E-state index contributed by atoms with van der Waals surface area (Å²) in [5.74, 6) is 0.184. The summed E-state index contributed by atoms with van der Waals surface area (Å²) in [4.78, 5) is 11.6. The Labute approximate surface area is 120 Å². The maximum Gasteiger partial charge on any atom is 0.242 e. The van der Waals surface area contributed by atoms with E-state index in [2.05, 4.69) is 24.3 Å². The van der Waals surface area contributed by atoms with Crippen LogP contribution in [0.4, 0.5) is 5.69 Å². The van der Waals surface area contributed by atoms with Crippen molar-refractivity contribution >= 4 is 11.6 Å². The molecule has 1 aromatic carbocycles. The Balaban J connectivity index is 1.83. The molecule has 20 heavy (non-hydrogen) atoms. The highest BCUT2D eigenvalue weighted by Gasteiger charge is 2.34. The Morgan fingerprint density at radius 1 is 1.20 bits per heavy atom. The minimum Gasteiger partial charge on any atom is -0.330 e. The van der Waals surface area contributed by atoms with Crippen LogP contribution in [-0.2, 0) is 10.2 Å². The molecule has 0 atom stereocenters. The topological polar surface area (TPSA) is 49.6 Å². The van der Waals surface area contributed by atoms with Crippen LogP contribution < -0.4 is 10.7 Å². The van der Waals surface area contributed by atoms with E-state index >= 15 is 0 Å². The van der Waals surface area contributed by atoms with Gasteiger partial charge in [0.25, 0.3) is 0 Å². The zero-order valence-corrected chi connectivity index (χ0v) is 12.1. The monoisotopic (exact) mass is 273 g/mol. The first-order chi connectivity index (χ1) is 9.66. The van der Waals surface area contributed by atoms with Gasteiger partial charge >= 0.3 is 0 Å². The average Bonchev–Trinajstić information content (AvgIpc) is 3.09. The molecule has 1 aliphatic carbocycles. The van der Waals surface area contributed by atoms with Gasteiger partial charge in [-0.15, -0.1) is 0 Å². The van der Waals surface area contributed by atoms with Crippen LogP contribution in [-0.4, -0.2) is 31.1 Å². The number of benzene rings is 1. The number of carbonyl (C=O) groups is 1. The van der Waals surface area contributed by atoms with Gasteiger partial charge in [0.1, 0.15) is 0 Å². The average molecular weight is 273 g/mol. The fourth-order valence-electron chi connectivity index (χ4n) is 3.60. The minimum absolute atomic E-state index is 0.184. The highest BCUT2D eigenvalue weighted by Crippen LogP contribution is 2.40. The molecule has 1 aromatic rings. The summed E-state index contributed by atoms with van der Waals surface area (Å²) in [5, 5.41) is 3.75. The molecule has 4 heteroatoms. The maximum absolute atomic E-state index is 11.6. The third-order valence-corrected chi connectivity index (χ3v) is 4.99. The Morgan fingerprint density at radius 3 is 2.35 bits per heavy atom. The van der Waals surface area contributed by atoms with Crippen LogP contribution in [0.15, 0.2) is 24.3 Å². The molecular formula is C16H23N3O. The van der Waals surface area contributed by atoms with Crippen molar-refractivity contribution in [3.63, 3.8) is 0 Å². The predicted octanol–water partition coefficient (Wildman–Crippen LogP) is 2.04. The molecule has 1 heterocycles. The first-order valence-electron chi connectivity index (χ1n) is 7.51. The second-order valence-electron chi connectivity index (χ2n) is 6.03. The van der Waals surface area contributed by atoms with Gasteiger partial charge in [-0.05, 0) is 30.5 Å². The molecule has 2 N–H and O–H groups in total.